The van der Waals surface area contributed by atoms with E-state index < -0.39 is 5.54 Å². The van der Waals surface area contributed by atoms with Crippen molar-refractivity contribution in [2.45, 2.75) is 43.7 Å². The van der Waals surface area contributed by atoms with Crippen molar-refractivity contribution in [1.29, 1.82) is 5.26 Å². The third-order valence-corrected chi connectivity index (χ3v) is 4.07. The normalized spacial score (nSPS) is 14.2. The lowest BCUT2D eigenvalue weighted by Gasteiger charge is -2.25. The number of hydrogen-bond donors (Lipinski definition) is 1. The highest BCUT2D eigenvalue weighted by Crippen LogP contribution is 2.28. The van der Waals surface area contributed by atoms with Gasteiger partial charge in [0.2, 0.25) is 0 Å². The second-order valence-corrected chi connectivity index (χ2v) is 6.32. The zero-order valence-electron chi connectivity index (χ0n) is 11.0. The molecule has 0 aliphatic rings. The number of rotatable bonds is 6. The van der Waals surface area contributed by atoms with Crippen molar-refractivity contribution in [3.63, 3.8) is 0 Å². The molecular formula is C14H19ClN2S. The van der Waals surface area contributed by atoms with Crippen LogP contribution in [-0.4, -0.2) is 17.3 Å². The molecule has 0 heterocycles. The molecule has 0 aromatic heterocycles. The third kappa shape index (κ3) is 4.89. The quantitative estimate of drug-likeness (QED) is 0.798. The second kappa shape index (κ2) is 7.04. The summed E-state index contributed by atoms with van der Waals surface area (Å²) in [5.74, 6) is 0.869. The van der Waals surface area contributed by atoms with E-state index in [-0.39, 0.29) is 0 Å². The van der Waals surface area contributed by atoms with Gasteiger partial charge in [-0.05, 0) is 39.3 Å². The van der Waals surface area contributed by atoms with Crippen LogP contribution in [0.4, 0.5) is 0 Å². The van der Waals surface area contributed by atoms with Crippen LogP contribution >= 0.6 is 23.4 Å². The molecule has 0 aliphatic heterocycles. The van der Waals surface area contributed by atoms with Crippen molar-refractivity contribution in [1.82, 2.24) is 5.32 Å². The first-order valence-corrected chi connectivity index (χ1v) is 7.39. The van der Waals surface area contributed by atoms with E-state index in [1.165, 1.54) is 0 Å². The van der Waals surface area contributed by atoms with Crippen molar-refractivity contribution in [3.8, 4) is 6.07 Å². The number of nitriles is 1. The largest absolute Gasteiger partial charge is 0.297 e. The van der Waals surface area contributed by atoms with Gasteiger partial charge in [0, 0.05) is 16.7 Å². The maximum Gasteiger partial charge on any atom is 0.104 e. The Balaban J connectivity index is 2.50. The molecule has 4 heteroatoms. The molecule has 0 saturated carbocycles. The highest BCUT2D eigenvalue weighted by molar-refractivity contribution is 7.99. The SMILES string of the molecule is CC(C)NC(C)(C#N)CCSc1ccccc1Cl. The molecule has 0 radical (unpaired) electrons. The number of halogens is 1. The van der Waals surface area contributed by atoms with Crippen LogP contribution in [-0.2, 0) is 0 Å². The molecule has 2 nitrogen and oxygen atoms in total. The molecule has 18 heavy (non-hydrogen) atoms. The number of hydrogen-bond acceptors (Lipinski definition) is 3. The van der Waals surface area contributed by atoms with Gasteiger partial charge >= 0.3 is 0 Å². The van der Waals surface area contributed by atoms with Crippen LogP contribution in [0.25, 0.3) is 0 Å². The molecule has 1 aromatic rings. The molecule has 0 aliphatic carbocycles. The monoisotopic (exact) mass is 282 g/mol. The average Bonchev–Trinajstić information content (AvgIpc) is 2.31. The second-order valence-electron chi connectivity index (χ2n) is 4.77. The fraction of sp³-hybridized carbons (Fsp3) is 0.500. The zero-order valence-corrected chi connectivity index (χ0v) is 12.6. The number of nitrogens with one attached hydrogen (secondary N) is 1. The number of thioether (sulfide) groups is 1. The molecule has 0 amide bonds. The molecule has 1 aromatic carbocycles. The van der Waals surface area contributed by atoms with Gasteiger partial charge in [-0.15, -0.1) is 11.8 Å². The minimum absolute atomic E-state index is 0.306. The van der Waals surface area contributed by atoms with Crippen LogP contribution in [0.1, 0.15) is 27.2 Å². The molecular weight excluding hydrogens is 264 g/mol. The fourth-order valence-corrected chi connectivity index (χ4v) is 3.13. The van der Waals surface area contributed by atoms with Crippen molar-refractivity contribution in [2.75, 3.05) is 5.75 Å². The first-order valence-electron chi connectivity index (χ1n) is 6.03. The third-order valence-electron chi connectivity index (χ3n) is 2.55. The van der Waals surface area contributed by atoms with Gasteiger partial charge in [-0.3, -0.25) is 5.32 Å². The van der Waals surface area contributed by atoms with Crippen LogP contribution in [0.2, 0.25) is 5.02 Å². The van der Waals surface area contributed by atoms with Crippen LogP contribution in [0, 0.1) is 11.3 Å². The summed E-state index contributed by atoms with van der Waals surface area (Å²) in [5.41, 5.74) is -0.470. The van der Waals surface area contributed by atoms with E-state index in [1.54, 1.807) is 11.8 Å². The lowest BCUT2D eigenvalue weighted by atomic mass is 10.0. The van der Waals surface area contributed by atoms with Crippen molar-refractivity contribution >= 4 is 23.4 Å². The van der Waals surface area contributed by atoms with E-state index >= 15 is 0 Å². The maximum absolute atomic E-state index is 9.24. The summed E-state index contributed by atoms with van der Waals surface area (Å²) in [7, 11) is 0. The minimum atomic E-state index is -0.470. The minimum Gasteiger partial charge on any atom is -0.297 e. The molecule has 0 fully saturated rings. The van der Waals surface area contributed by atoms with Crippen LogP contribution < -0.4 is 5.32 Å². The van der Waals surface area contributed by atoms with Gasteiger partial charge < -0.3 is 0 Å². The van der Waals surface area contributed by atoms with E-state index in [9.17, 15) is 5.26 Å². The Morgan fingerprint density at radius 2 is 2.11 bits per heavy atom. The molecule has 1 N–H and O–H groups in total. The predicted octanol–water partition coefficient (Wildman–Crippen LogP) is 4.10. The predicted molar refractivity (Wildman–Crippen MR) is 79.1 cm³/mol. The van der Waals surface area contributed by atoms with Gasteiger partial charge in [0.25, 0.3) is 0 Å². The van der Waals surface area contributed by atoms with Crippen molar-refractivity contribution < 1.29 is 0 Å². The smallest absolute Gasteiger partial charge is 0.104 e. The highest BCUT2D eigenvalue weighted by Gasteiger charge is 2.23. The summed E-state index contributed by atoms with van der Waals surface area (Å²) in [5, 5.41) is 13.3. The first-order chi connectivity index (χ1) is 8.47. The van der Waals surface area contributed by atoms with Crippen LogP contribution in [0.5, 0.6) is 0 Å². The Morgan fingerprint density at radius 3 is 2.67 bits per heavy atom. The zero-order chi connectivity index (χ0) is 13.6. The Morgan fingerprint density at radius 1 is 1.44 bits per heavy atom. The standard InChI is InChI=1S/C14H19ClN2S/c1-11(2)17-14(3,10-16)8-9-18-13-7-5-4-6-12(13)15/h4-7,11,17H,8-9H2,1-3H3. The van der Waals surface area contributed by atoms with Crippen molar-refractivity contribution in [2.24, 2.45) is 0 Å². The van der Waals surface area contributed by atoms with E-state index in [4.69, 9.17) is 11.6 Å². The molecule has 1 atom stereocenters. The number of benzene rings is 1. The van der Waals surface area contributed by atoms with Gasteiger partial charge in [-0.2, -0.15) is 5.26 Å². The van der Waals surface area contributed by atoms with E-state index in [0.29, 0.717) is 6.04 Å². The first kappa shape index (κ1) is 15.4. The van der Waals surface area contributed by atoms with Gasteiger partial charge in [0.1, 0.15) is 5.54 Å². The Kier molecular flexibility index (Phi) is 6.01. The summed E-state index contributed by atoms with van der Waals surface area (Å²) in [6, 6.07) is 10.5. The molecule has 98 valence electrons. The van der Waals surface area contributed by atoms with Crippen LogP contribution in [0.3, 0.4) is 0 Å². The van der Waals surface area contributed by atoms with Crippen LogP contribution in [0.15, 0.2) is 29.2 Å². The van der Waals surface area contributed by atoms with Gasteiger partial charge in [0.05, 0.1) is 11.1 Å². The van der Waals surface area contributed by atoms with E-state index in [0.717, 1.165) is 22.1 Å². The molecule has 1 unspecified atom stereocenters. The Hall–Kier alpha value is -0.690. The Labute approximate surface area is 119 Å². The summed E-state index contributed by atoms with van der Waals surface area (Å²) >= 11 is 7.78. The van der Waals surface area contributed by atoms with Crippen molar-refractivity contribution in [3.05, 3.63) is 29.3 Å². The topological polar surface area (TPSA) is 35.8 Å². The summed E-state index contributed by atoms with van der Waals surface area (Å²) in [4.78, 5) is 1.07. The summed E-state index contributed by atoms with van der Waals surface area (Å²) in [6.07, 6.45) is 0.789. The lowest BCUT2D eigenvalue weighted by Crippen LogP contribution is -2.45. The fourth-order valence-electron chi connectivity index (χ4n) is 1.72. The van der Waals surface area contributed by atoms with Gasteiger partial charge in [-0.25, -0.2) is 0 Å². The molecule has 1 rings (SSSR count). The maximum atomic E-state index is 9.24. The number of nitrogens with zero attached hydrogens (tertiary/aromatic N) is 1. The summed E-state index contributed by atoms with van der Waals surface area (Å²) < 4.78 is 0. The van der Waals surface area contributed by atoms with Gasteiger partial charge in [-0.1, -0.05) is 23.7 Å². The Bertz CT molecular complexity index is 428. The van der Waals surface area contributed by atoms with Gasteiger partial charge in [0.15, 0.2) is 0 Å². The van der Waals surface area contributed by atoms with E-state index in [1.807, 2.05) is 31.2 Å². The molecule has 0 saturated heterocycles. The summed E-state index contributed by atoms with van der Waals surface area (Å²) in [6.45, 7) is 6.05. The lowest BCUT2D eigenvalue weighted by molar-refractivity contribution is 0.397. The average molecular weight is 283 g/mol. The molecule has 0 spiro atoms. The van der Waals surface area contributed by atoms with E-state index in [2.05, 4.69) is 25.2 Å². The molecule has 0 bridgehead atoms. The highest BCUT2D eigenvalue weighted by atomic mass is 35.5.